The number of ether oxygens (including phenoxy) is 1. The summed E-state index contributed by atoms with van der Waals surface area (Å²) in [7, 11) is 1.81. The normalized spacial score (nSPS) is 12.5. The van der Waals surface area contributed by atoms with Gasteiger partial charge >= 0.3 is 0 Å². The summed E-state index contributed by atoms with van der Waals surface area (Å²) in [4.78, 5) is 2.22. The molecule has 6 heteroatoms. The molecule has 1 aromatic heterocycles. The van der Waals surface area contributed by atoms with Crippen molar-refractivity contribution in [2.45, 2.75) is 39.8 Å². The van der Waals surface area contributed by atoms with Crippen LogP contribution in [-0.4, -0.2) is 39.0 Å². The summed E-state index contributed by atoms with van der Waals surface area (Å²) in [6.45, 7) is 8.20. The molecule has 0 aliphatic carbocycles. The maximum atomic E-state index is 14.3. The lowest BCUT2D eigenvalue weighted by atomic mass is 10.1. The number of halogens is 1. The third kappa shape index (κ3) is 5.93. The van der Waals surface area contributed by atoms with Crippen LogP contribution in [0.3, 0.4) is 0 Å². The highest BCUT2D eigenvalue weighted by molar-refractivity contribution is 5.65. The van der Waals surface area contributed by atoms with Crippen LogP contribution in [0.2, 0.25) is 0 Å². The van der Waals surface area contributed by atoms with Gasteiger partial charge in [0.15, 0.2) is 11.6 Å². The molecule has 2 aromatic carbocycles. The monoisotopic (exact) mass is 425 g/mol. The molecule has 0 radical (unpaired) electrons. The minimum absolute atomic E-state index is 0.162. The number of aromatic nitrogens is 2. The first-order valence-electron chi connectivity index (χ1n) is 10.8. The van der Waals surface area contributed by atoms with E-state index in [1.165, 1.54) is 6.07 Å². The SMILES string of the molecule is CC[C@H](O)CN(Cc1c(-c2ccccc2)nn(C)c1Oc1ccccc1F)CC(C)C. The van der Waals surface area contributed by atoms with Gasteiger partial charge in [-0.05, 0) is 24.5 Å². The fourth-order valence-corrected chi connectivity index (χ4v) is 3.65. The summed E-state index contributed by atoms with van der Waals surface area (Å²) in [5.41, 5.74) is 2.65. The van der Waals surface area contributed by atoms with Crippen LogP contribution < -0.4 is 4.74 Å². The molecule has 1 N–H and O–H groups in total. The lowest BCUT2D eigenvalue weighted by Crippen LogP contribution is -2.34. The average Bonchev–Trinajstić information content (AvgIpc) is 3.05. The summed E-state index contributed by atoms with van der Waals surface area (Å²) in [5.74, 6) is 0.673. The van der Waals surface area contributed by atoms with Crippen LogP contribution in [0.25, 0.3) is 11.3 Å². The van der Waals surface area contributed by atoms with Crippen LogP contribution in [0.4, 0.5) is 4.39 Å². The van der Waals surface area contributed by atoms with Gasteiger partial charge in [0.1, 0.15) is 5.69 Å². The number of aliphatic hydroxyl groups excluding tert-OH is 1. The van der Waals surface area contributed by atoms with Gasteiger partial charge in [0.05, 0.1) is 11.7 Å². The Bertz CT molecular complexity index is 972. The first-order chi connectivity index (χ1) is 14.9. The molecule has 0 saturated carbocycles. The van der Waals surface area contributed by atoms with Crippen molar-refractivity contribution in [3.8, 4) is 22.9 Å². The van der Waals surface area contributed by atoms with Gasteiger partial charge in [0, 0.05) is 32.2 Å². The largest absolute Gasteiger partial charge is 0.436 e. The maximum Gasteiger partial charge on any atom is 0.222 e. The van der Waals surface area contributed by atoms with Gasteiger partial charge in [-0.15, -0.1) is 0 Å². The van der Waals surface area contributed by atoms with Crippen molar-refractivity contribution in [2.24, 2.45) is 13.0 Å². The third-order valence-electron chi connectivity index (χ3n) is 5.12. The second-order valence-electron chi connectivity index (χ2n) is 8.30. The smallest absolute Gasteiger partial charge is 0.222 e. The first kappa shape index (κ1) is 23.0. The van der Waals surface area contributed by atoms with Crippen molar-refractivity contribution in [1.82, 2.24) is 14.7 Å². The lowest BCUT2D eigenvalue weighted by Gasteiger charge is -2.26. The van der Waals surface area contributed by atoms with E-state index in [0.29, 0.717) is 31.3 Å². The van der Waals surface area contributed by atoms with Crippen LogP contribution in [0.5, 0.6) is 11.6 Å². The fraction of sp³-hybridized carbons (Fsp3) is 0.400. The summed E-state index contributed by atoms with van der Waals surface area (Å²) < 4.78 is 22.0. The van der Waals surface area contributed by atoms with E-state index < -0.39 is 11.9 Å². The highest BCUT2D eigenvalue weighted by atomic mass is 19.1. The van der Waals surface area contributed by atoms with Crippen LogP contribution in [-0.2, 0) is 13.6 Å². The van der Waals surface area contributed by atoms with Crippen molar-refractivity contribution >= 4 is 0 Å². The second kappa shape index (κ2) is 10.6. The van der Waals surface area contributed by atoms with Crippen LogP contribution in [0.15, 0.2) is 54.6 Å². The topological polar surface area (TPSA) is 50.5 Å². The Labute approximate surface area is 184 Å². The molecule has 1 atom stereocenters. The Morgan fingerprint density at radius 3 is 2.39 bits per heavy atom. The zero-order valence-electron chi connectivity index (χ0n) is 18.8. The summed E-state index contributed by atoms with van der Waals surface area (Å²) in [6.07, 6.45) is 0.276. The number of aryl methyl sites for hydroxylation is 1. The molecular weight excluding hydrogens is 393 g/mol. The number of para-hydroxylation sites is 1. The van der Waals surface area contributed by atoms with Gasteiger partial charge < -0.3 is 9.84 Å². The average molecular weight is 426 g/mol. The molecule has 0 aliphatic rings. The Hall–Kier alpha value is -2.70. The summed E-state index contributed by atoms with van der Waals surface area (Å²) in [5, 5.41) is 15.0. The van der Waals surface area contributed by atoms with Crippen LogP contribution in [0.1, 0.15) is 32.8 Å². The minimum Gasteiger partial charge on any atom is -0.436 e. The summed E-state index contributed by atoms with van der Waals surface area (Å²) >= 11 is 0. The zero-order valence-corrected chi connectivity index (χ0v) is 18.8. The van der Waals surface area contributed by atoms with Gasteiger partial charge in [-0.3, -0.25) is 4.90 Å². The number of benzene rings is 2. The first-order valence-corrected chi connectivity index (χ1v) is 10.8. The number of rotatable bonds is 10. The van der Waals surface area contributed by atoms with Gasteiger partial charge in [0.25, 0.3) is 0 Å². The molecular formula is C25H32FN3O2. The molecule has 5 nitrogen and oxygen atoms in total. The van der Waals surface area contributed by atoms with Crippen molar-refractivity contribution < 1.29 is 14.2 Å². The van der Waals surface area contributed by atoms with Crippen molar-refractivity contribution in [1.29, 1.82) is 0 Å². The molecule has 0 aliphatic heterocycles. The fourth-order valence-electron chi connectivity index (χ4n) is 3.65. The predicted octanol–water partition coefficient (Wildman–Crippen LogP) is 5.25. The third-order valence-corrected chi connectivity index (χ3v) is 5.12. The van der Waals surface area contributed by atoms with E-state index in [2.05, 4.69) is 18.7 Å². The van der Waals surface area contributed by atoms with Crippen molar-refractivity contribution in [2.75, 3.05) is 13.1 Å². The van der Waals surface area contributed by atoms with Gasteiger partial charge in [0.2, 0.25) is 5.88 Å². The van der Waals surface area contributed by atoms with Gasteiger partial charge in [-0.1, -0.05) is 63.2 Å². The van der Waals surface area contributed by atoms with E-state index in [0.717, 1.165) is 23.4 Å². The van der Waals surface area contributed by atoms with E-state index in [9.17, 15) is 9.50 Å². The van der Waals surface area contributed by atoms with E-state index in [4.69, 9.17) is 9.84 Å². The molecule has 3 rings (SSSR count). The Morgan fingerprint density at radius 1 is 1.06 bits per heavy atom. The van der Waals surface area contributed by atoms with E-state index in [1.807, 2.05) is 37.3 Å². The van der Waals surface area contributed by atoms with Crippen LogP contribution >= 0.6 is 0 Å². The van der Waals surface area contributed by atoms with Gasteiger partial charge in [-0.2, -0.15) is 5.10 Å². The number of hydrogen-bond acceptors (Lipinski definition) is 4. The molecule has 31 heavy (non-hydrogen) atoms. The Kier molecular flexibility index (Phi) is 7.82. The van der Waals surface area contributed by atoms with E-state index >= 15 is 0 Å². The summed E-state index contributed by atoms with van der Waals surface area (Å²) in [6, 6.07) is 16.3. The maximum absolute atomic E-state index is 14.3. The minimum atomic E-state index is -0.420. The molecule has 166 valence electrons. The van der Waals surface area contributed by atoms with Crippen molar-refractivity contribution in [3.63, 3.8) is 0 Å². The number of aliphatic hydroxyl groups is 1. The van der Waals surface area contributed by atoms with Crippen molar-refractivity contribution in [3.05, 3.63) is 66.0 Å². The Morgan fingerprint density at radius 2 is 1.74 bits per heavy atom. The quantitative estimate of drug-likeness (QED) is 0.482. The lowest BCUT2D eigenvalue weighted by molar-refractivity contribution is 0.0982. The number of nitrogens with zero attached hydrogens (tertiary/aromatic N) is 3. The zero-order chi connectivity index (χ0) is 22.4. The van der Waals surface area contributed by atoms with Gasteiger partial charge in [-0.25, -0.2) is 9.07 Å². The molecule has 0 spiro atoms. The highest BCUT2D eigenvalue weighted by Gasteiger charge is 2.24. The molecule has 1 heterocycles. The molecule has 0 fully saturated rings. The Balaban J connectivity index is 2.04. The van der Waals surface area contributed by atoms with Crippen LogP contribution in [0, 0.1) is 11.7 Å². The highest BCUT2D eigenvalue weighted by Crippen LogP contribution is 2.35. The molecule has 0 unspecified atom stereocenters. The number of hydrogen-bond donors (Lipinski definition) is 1. The molecule has 0 bridgehead atoms. The predicted molar refractivity (Wildman–Crippen MR) is 122 cm³/mol. The second-order valence-corrected chi connectivity index (χ2v) is 8.30. The molecule has 0 amide bonds. The van der Waals surface area contributed by atoms with E-state index in [-0.39, 0.29) is 5.75 Å². The standard InChI is InChI=1S/C25H32FN3O2/c1-5-20(30)16-29(15-18(2)3)17-21-24(19-11-7-6-8-12-19)27-28(4)25(21)31-23-14-10-9-13-22(23)26/h6-14,18,20,30H,5,15-17H2,1-4H3/t20-/m0/s1. The molecule has 3 aromatic rings. The molecule has 0 saturated heterocycles. The van der Waals surface area contributed by atoms with E-state index in [1.54, 1.807) is 29.9 Å².